The Morgan fingerprint density at radius 1 is 1.25 bits per heavy atom. The number of aromatic nitrogens is 1. The largest absolute Gasteiger partial charge is 0.375 e. The molecule has 1 aromatic carbocycles. The van der Waals surface area contributed by atoms with Crippen LogP contribution in [0.25, 0.3) is 11.1 Å². The molecule has 20 heavy (non-hydrogen) atoms. The van der Waals surface area contributed by atoms with Crippen LogP contribution in [0.3, 0.4) is 0 Å². The molecule has 2 aromatic rings. The molecule has 0 unspecified atom stereocenters. The third-order valence-electron chi connectivity index (χ3n) is 3.72. The number of non-ortho nitro benzene ring substituents is 1. The lowest BCUT2D eigenvalue weighted by Crippen LogP contribution is -2.33. The number of pyridine rings is 1. The van der Waals surface area contributed by atoms with Crippen LogP contribution in [0.4, 0.5) is 11.4 Å². The highest BCUT2D eigenvalue weighted by atomic mass is 16.6. The summed E-state index contributed by atoms with van der Waals surface area (Å²) < 4.78 is 0. The number of benzene rings is 1. The molecule has 0 saturated carbocycles. The first kappa shape index (κ1) is 12.6. The second-order valence-corrected chi connectivity index (χ2v) is 5.56. The van der Waals surface area contributed by atoms with E-state index < -0.39 is 0 Å². The molecule has 0 aliphatic carbocycles. The first-order chi connectivity index (χ1) is 9.40. The minimum Gasteiger partial charge on any atom is -0.375 e. The van der Waals surface area contributed by atoms with Gasteiger partial charge in [0, 0.05) is 40.8 Å². The van der Waals surface area contributed by atoms with Gasteiger partial charge in [-0.2, -0.15) is 0 Å². The van der Waals surface area contributed by atoms with Crippen LogP contribution in [0.15, 0.2) is 30.5 Å². The highest BCUT2D eigenvalue weighted by molar-refractivity contribution is 5.86. The van der Waals surface area contributed by atoms with Gasteiger partial charge in [0.2, 0.25) is 0 Å². The van der Waals surface area contributed by atoms with Crippen molar-refractivity contribution in [3.63, 3.8) is 0 Å². The Morgan fingerprint density at radius 3 is 2.70 bits per heavy atom. The van der Waals surface area contributed by atoms with Crippen molar-refractivity contribution in [2.24, 2.45) is 0 Å². The van der Waals surface area contributed by atoms with Crippen LogP contribution in [-0.4, -0.2) is 9.91 Å². The Morgan fingerprint density at radius 2 is 2.00 bits per heavy atom. The number of rotatable bonds is 1. The zero-order valence-corrected chi connectivity index (χ0v) is 11.6. The molecule has 0 saturated heterocycles. The van der Waals surface area contributed by atoms with Crippen LogP contribution in [0.1, 0.15) is 25.1 Å². The molecule has 1 N–H and O–H groups in total. The SMILES string of the molecule is Cc1nccc2c1C(C)(C)Nc1cc([N+](=O)[O-])ccc1-2. The lowest BCUT2D eigenvalue weighted by molar-refractivity contribution is -0.384. The van der Waals surface area contributed by atoms with Gasteiger partial charge in [-0.15, -0.1) is 0 Å². The van der Waals surface area contributed by atoms with Gasteiger partial charge in [-0.25, -0.2) is 0 Å². The first-order valence-corrected chi connectivity index (χ1v) is 6.43. The van der Waals surface area contributed by atoms with Gasteiger partial charge in [0.25, 0.3) is 5.69 Å². The summed E-state index contributed by atoms with van der Waals surface area (Å²) in [7, 11) is 0. The molecule has 0 spiro atoms. The van der Waals surface area contributed by atoms with Crippen molar-refractivity contribution in [3.8, 4) is 11.1 Å². The summed E-state index contributed by atoms with van der Waals surface area (Å²) in [6.45, 7) is 6.10. The summed E-state index contributed by atoms with van der Waals surface area (Å²) in [6.07, 6.45) is 1.78. The molecule has 0 amide bonds. The predicted octanol–water partition coefficient (Wildman–Crippen LogP) is 3.63. The third-order valence-corrected chi connectivity index (χ3v) is 3.72. The van der Waals surface area contributed by atoms with Crippen molar-refractivity contribution in [3.05, 3.63) is 51.8 Å². The van der Waals surface area contributed by atoms with E-state index in [0.29, 0.717) is 0 Å². The Labute approximate surface area is 116 Å². The minimum atomic E-state index is -0.373. The molecule has 1 aliphatic heterocycles. The van der Waals surface area contributed by atoms with Crippen molar-refractivity contribution in [1.29, 1.82) is 0 Å². The van der Waals surface area contributed by atoms with E-state index >= 15 is 0 Å². The molecule has 0 bridgehead atoms. The minimum absolute atomic E-state index is 0.0984. The van der Waals surface area contributed by atoms with E-state index in [1.54, 1.807) is 24.4 Å². The van der Waals surface area contributed by atoms with Gasteiger partial charge in [-0.05, 0) is 38.5 Å². The highest BCUT2D eigenvalue weighted by Gasteiger charge is 2.32. The molecule has 0 radical (unpaired) electrons. The van der Waals surface area contributed by atoms with Gasteiger partial charge in [0.15, 0.2) is 0 Å². The molecule has 1 aliphatic rings. The van der Waals surface area contributed by atoms with Crippen LogP contribution in [0.5, 0.6) is 0 Å². The van der Waals surface area contributed by atoms with E-state index in [0.717, 1.165) is 28.1 Å². The Kier molecular flexibility index (Phi) is 2.54. The Balaban J connectivity index is 2.29. The predicted molar refractivity (Wildman–Crippen MR) is 77.7 cm³/mol. The number of nitro benzene ring substituents is 1. The van der Waals surface area contributed by atoms with Gasteiger partial charge in [0.1, 0.15) is 0 Å². The van der Waals surface area contributed by atoms with E-state index in [4.69, 9.17) is 0 Å². The zero-order chi connectivity index (χ0) is 14.5. The monoisotopic (exact) mass is 269 g/mol. The molecule has 0 fully saturated rings. The standard InChI is InChI=1S/C15H15N3O2/c1-9-14-12(6-7-16-9)11-5-4-10(18(19)20)8-13(11)17-15(14,2)3/h4-8,17H,1-3H3. The summed E-state index contributed by atoms with van der Waals surface area (Å²) in [5, 5.41) is 14.3. The lowest BCUT2D eigenvalue weighted by atomic mass is 9.82. The second kappa shape index (κ2) is 4.03. The smallest absolute Gasteiger partial charge is 0.271 e. The molecule has 0 atom stereocenters. The number of anilines is 1. The van der Waals surface area contributed by atoms with Crippen LogP contribution < -0.4 is 5.32 Å². The summed E-state index contributed by atoms with van der Waals surface area (Å²) in [6, 6.07) is 6.90. The van der Waals surface area contributed by atoms with Crippen molar-refractivity contribution in [2.45, 2.75) is 26.3 Å². The number of fused-ring (bicyclic) bond motifs is 3. The number of hydrogen-bond acceptors (Lipinski definition) is 4. The summed E-state index contributed by atoms with van der Waals surface area (Å²) in [4.78, 5) is 14.9. The fourth-order valence-electron chi connectivity index (χ4n) is 2.96. The molecule has 5 nitrogen and oxygen atoms in total. The third kappa shape index (κ3) is 1.74. The lowest BCUT2D eigenvalue weighted by Gasteiger charge is -2.36. The van der Waals surface area contributed by atoms with E-state index in [1.165, 1.54) is 0 Å². The van der Waals surface area contributed by atoms with Crippen LogP contribution in [0, 0.1) is 17.0 Å². The van der Waals surface area contributed by atoms with Crippen LogP contribution in [0.2, 0.25) is 0 Å². The van der Waals surface area contributed by atoms with Crippen molar-refractivity contribution in [1.82, 2.24) is 4.98 Å². The van der Waals surface area contributed by atoms with E-state index in [1.807, 2.05) is 13.0 Å². The fourth-order valence-corrected chi connectivity index (χ4v) is 2.96. The van der Waals surface area contributed by atoms with Crippen molar-refractivity contribution >= 4 is 11.4 Å². The van der Waals surface area contributed by atoms with Gasteiger partial charge in [0.05, 0.1) is 10.5 Å². The van der Waals surface area contributed by atoms with Crippen molar-refractivity contribution in [2.75, 3.05) is 5.32 Å². The van der Waals surface area contributed by atoms with Crippen LogP contribution in [-0.2, 0) is 5.54 Å². The molecule has 1 aromatic heterocycles. The topological polar surface area (TPSA) is 68.1 Å². The maximum absolute atomic E-state index is 10.9. The number of aryl methyl sites for hydroxylation is 1. The zero-order valence-electron chi connectivity index (χ0n) is 11.6. The maximum Gasteiger partial charge on any atom is 0.271 e. The van der Waals surface area contributed by atoms with E-state index in [9.17, 15) is 10.1 Å². The van der Waals surface area contributed by atoms with E-state index in [2.05, 4.69) is 24.1 Å². The summed E-state index contributed by atoms with van der Waals surface area (Å²) in [5.41, 5.74) is 4.77. The van der Waals surface area contributed by atoms with Crippen LogP contribution >= 0.6 is 0 Å². The fraction of sp³-hybridized carbons (Fsp3) is 0.267. The Bertz CT molecular complexity index is 723. The quantitative estimate of drug-likeness (QED) is 0.634. The van der Waals surface area contributed by atoms with Gasteiger partial charge >= 0.3 is 0 Å². The van der Waals surface area contributed by atoms with Gasteiger partial charge < -0.3 is 5.32 Å². The van der Waals surface area contributed by atoms with E-state index in [-0.39, 0.29) is 16.1 Å². The number of nitrogens with zero attached hydrogens (tertiary/aromatic N) is 2. The highest BCUT2D eigenvalue weighted by Crippen LogP contribution is 2.44. The van der Waals surface area contributed by atoms with Gasteiger partial charge in [-0.3, -0.25) is 15.1 Å². The summed E-state index contributed by atoms with van der Waals surface area (Å²) in [5.74, 6) is 0. The average molecular weight is 269 g/mol. The normalized spacial score (nSPS) is 14.9. The van der Waals surface area contributed by atoms with Gasteiger partial charge in [-0.1, -0.05) is 0 Å². The molecular weight excluding hydrogens is 254 g/mol. The second-order valence-electron chi connectivity index (χ2n) is 5.56. The molecule has 5 heteroatoms. The number of hydrogen-bond donors (Lipinski definition) is 1. The Hall–Kier alpha value is -2.43. The maximum atomic E-state index is 10.9. The first-order valence-electron chi connectivity index (χ1n) is 6.43. The average Bonchev–Trinajstić information content (AvgIpc) is 2.37. The number of nitro groups is 1. The molecule has 102 valence electrons. The molecule has 3 rings (SSSR count). The summed E-state index contributed by atoms with van der Waals surface area (Å²) >= 11 is 0. The van der Waals surface area contributed by atoms with Crippen molar-refractivity contribution < 1.29 is 4.92 Å². The molecule has 2 heterocycles. The molecular formula is C15H15N3O2. The number of nitrogens with one attached hydrogen (secondary N) is 1.